The number of pyridine rings is 1. The Morgan fingerprint density at radius 3 is 2.50 bits per heavy atom. The number of likely N-dealkylation sites (N-methyl/N-ethyl adjacent to an activating group) is 1. The zero-order valence-corrected chi connectivity index (χ0v) is 13.8. The van der Waals surface area contributed by atoms with E-state index in [1.165, 1.54) is 11.1 Å². The molecular weight excluding hydrogens is 298 g/mol. The van der Waals surface area contributed by atoms with Gasteiger partial charge in [0.25, 0.3) is 0 Å². The molecule has 0 aliphatic heterocycles. The van der Waals surface area contributed by atoms with Crippen molar-refractivity contribution in [2.75, 3.05) is 23.8 Å². The summed E-state index contributed by atoms with van der Waals surface area (Å²) in [5.41, 5.74) is 2.48. The lowest BCUT2D eigenvalue weighted by Crippen LogP contribution is -2.22. The molecule has 0 spiro atoms. The second-order valence-electron chi connectivity index (χ2n) is 5.60. The third-order valence-corrected chi connectivity index (χ3v) is 3.81. The average molecular weight is 319 g/mol. The highest BCUT2D eigenvalue weighted by Gasteiger charge is 2.05. The molecule has 1 N–H and O–H groups in total. The highest BCUT2D eigenvalue weighted by Crippen LogP contribution is 2.12. The molecule has 5 nitrogen and oxygen atoms in total. The largest absolute Gasteiger partial charge is 0.359 e. The quantitative estimate of drug-likeness (QED) is 0.725. The van der Waals surface area contributed by atoms with E-state index < -0.39 is 0 Å². The summed E-state index contributed by atoms with van der Waals surface area (Å²) in [6.45, 7) is 1.60. The lowest BCUT2D eigenvalue weighted by atomic mass is 10.2. The molecule has 0 aliphatic rings. The molecule has 24 heavy (non-hydrogen) atoms. The van der Waals surface area contributed by atoms with Gasteiger partial charge in [-0.1, -0.05) is 30.3 Å². The summed E-state index contributed by atoms with van der Waals surface area (Å²) >= 11 is 0. The van der Waals surface area contributed by atoms with E-state index in [0.717, 1.165) is 18.8 Å². The Kier molecular flexibility index (Phi) is 5.35. The van der Waals surface area contributed by atoms with Crippen LogP contribution in [-0.2, 0) is 13.0 Å². The molecule has 3 rings (SSSR count). The fourth-order valence-corrected chi connectivity index (χ4v) is 2.38. The molecular formula is C19H21N5. The number of hydrogen-bond donors (Lipinski definition) is 1. The Morgan fingerprint density at radius 2 is 1.71 bits per heavy atom. The number of rotatable bonds is 7. The Morgan fingerprint density at radius 1 is 0.917 bits per heavy atom. The van der Waals surface area contributed by atoms with Gasteiger partial charge in [-0.2, -0.15) is 4.98 Å². The van der Waals surface area contributed by atoms with Crippen molar-refractivity contribution in [1.82, 2.24) is 15.0 Å². The lowest BCUT2D eigenvalue weighted by Gasteiger charge is -2.18. The van der Waals surface area contributed by atoms with E-state index in [9.17, 15) is 0 Å². The average Bonchev–Trinajstić information content (AvgIpc) is 2.66. The summed E-state index contributed by atoms with van der Waals surface area (Å²) in [6, 6.07) is 16.2. The van der Waals surface area contributed by atoms with Crippen molar-refractivity contribution >= 4 is 11.8 Å². The smallest absolute Gasteiger partial charge is 0.224 e. The number of anilines is 2. The van der Waals surface area contributed by atoms with Crippen LogP contribution in [0.4, 0.5) is 11.8 Å². The Balaban J connectivity index is 1.57. The third-order valence-electron chi connectivity index (χ3n) is 3.81. The SMILES string of the molecule is CN(CCc1ccncc1)c1ccnc(NCc2ccccc2)n1. The number of nitrogens with one attached hydrogen (secondary N) is 1. The van der Waals surface area contributed by atoms with Crippen LogP contribution in [0.5, 0.6) is 0 Å². The normalized spacial score (nSPS) is 10.4. The second kappa shape index (κ2) is 8.06. The zero-order valence-electron chi connectivity index (χ0n) is 13.8. The number of aromatic nitrogens is 3. The first-order valence-electron chi connectivity index (χ1n) is 8.02. The van der Waals surface area contributed by atoms with E-state index in [2.05, 4.69) is 37.3 Å². The van der Waals surface area contributed by atoms with Gasteiger partial charge in [-0.25, -0.2) is 4.98 Å². The van der Waals surface area contributed by atoms with Crippen LogP contribution >= 0.6 is 0 Å². The molecule has 3 aromatic rings. The van der Waals surface area contributed by atoms with E-state index in [1.807, 2.05) is 55.8 Å². The van der Waals surface area contributed by atoms with E-state index in [1.54, 1.807) is 6.20 Å². The van der Waals surface area contributed by atoms with Gasteiger partial charge in [0, 0.05) is 38.7 Å². The van der Waals surface area contributed by atoms with Crippen molar-refractivity contribution in [3.05, 3.63) is 78.2 Å². The molecule has 0 amide bonds. The molecule has 0 saturated heterocycles. The summed E-state index contributed by atoms with van der Waals surface area (Å²) in [5.74, 6) is 1.56. The van der Waals surface area contributed by atoms with Gasteiger partial charge in [-0.3, -0.25) is 4.98 Å². The molecule has 0 bridgehead atoms. The van der Waals surface area contributed by atoms with Crippen molar-refractivity contribution in [1.29, 1.82) is 0 Å². The lowest BCUT2D eigenvalue weighted by molar-refractivity contribution is 0.853. The van der Waals surface area contributed by atoms with Gasteiger partial charge in [0.2, 0.25) is 5.95 Å². The Hall–Kier alpha value is -2.95. The summed E-state index contributed by atoms with van der Waals surface area (Å²) in [6.07, 6.45) is 6.39. The van der Waals surface area contributed by atoms with Gasteiger partial charge < -0.3 is 10.2 Å². The van der Waals surface area contributed by atoms with Crippen LogP contribution in [0.15, 0.2) is 67.1 Å². The molecule has 0 fully saturated rings. The van der Waals surface area contributed by atoms with Crippen LogP contribution in [-0.4, -0.2) is 28.5 Å². The Bertz CT molecular complexity index is 746. The molecule has 0 radical (unpaired) electrons. The molecule has 0 saturated carbocycles. The fourth-order valence-electron chi connectivity index (χ4n) is 2.38. The van der Waals surface area contributed by atoms with E-state index >= 15 is 0 Å². The van der Waals surface area contributed by atoms with Crippen molar-refractivity contribution in [2.24, 2.45) is 0 Å². The molecule has 1 aromatic carbocycles. The maximum atomic E-state index is 4.59. The molecule has 2 aromatic heterocycles. The van der Waals surface area contributed by atoms with E-state index in [-0.39, 0.29) is 0 Å². The van der Waals surface area contributed by atoms with Crippen molar-refractivity contribution < 1.29 is 0 Å². The van der Waals surface area contributed by atoms with Gasteiger partial charge in [0.15, 0.2) is 0 Å². The van der Waals surface area contributed by atoms with E-state index in [4.69, 9.17) is 0 Å². The third kappa shape index (κ3) is 4.52. The topological polar surface area (TPSA) is 53.9 Å². The first-order valence-corrected chi connectivity index (χ1v) is 8.02. The van der Waals surface area contributed by atoms with Gasteiger partial charge in [0.1, 0.15) is 5.82 Å². The highest BCUT2D eigenvalue weighted by molar-refractivity contribution is 5.42. The predicted octanol–water partition coefficient (Wildman–Crippen LogP) is 3.16. The minimum absolute atomic E-state index is 0.645. The van der Waals surface area contributed by atoms with Crippen molar-refractivity contribution in [2.45, 2.75) is 13.0 Å². The summed E-state index contributed by atoms with van der Waals surface area (Å²) in [5, 5.41) is 3.27. The van der Waals surface area contributed by atoms with Crippen LogP contribution in [0, 0.1) is 0 Å². The number of nitrogens with zero attached hydrogens (tertiary/aromatic N) is 4. The maximum absolute atomic E-state index is 4.59. The van der Waals surface area contributed by atoms with Gasteiger partial charge >= 0.3 is 0 Å². The van der Waals surface area contributed by atoms with Gasteiger partial charge in [0.05, 0.1) is 0 Å². The minimum atomic E-state index is 0.645. The molecule has 2 heterocycles. The van der Waals surface area contributed by atoms with Gasteiger partial charge in [-0.15, -0.1) is 0 Å². The molecule has 0 aliphatic carbocycles. The summed E-state index contributed by atoms with van der Waals surface area (Å²) < 4.78 is 0. The molecule has 0 unspecified atom stereocenters. The van der Waals surface area contributed by atoms with Crippen LogP contribution in [0.25, 0.3) is 0 Å². The zero-order chi connectivity index (χ0) is 16.6. The fraction of sp³-hybridized carbons (Fsp3) is 0.211. The Labute approximate surface area is 142 Å². The van der Waals surface area contributed by atoms with Gasteiger partial charge in [-0.05, 0) is 35.7 Å². The van der Waals surface area contributed by atoms with Crippen molar-refractivity contribution in [3.8, 4) is 0 Å². The maximum Gasteiger partial charge on any atom is 0.224 e. The summed E-state index contributed by atoms with van der Waals surface area (Å²) in [4.78, 5) is 15.1. The van der Waals surface area contributed by atoms with Crippen LogP contribution < -0.4 is 10.2 Å². The summed E-state index contributed by atoms with van der Waals surface area (Å²) in [7, 11) is 2.05. The van der Waals surface area contributed by atoms with Crippen molar-refractivity contribution in [3.63, 3.8) is 0 Å². The second-order valence-corrected chi connectivity index (χ2v) is 5.60. The number of benzene rings is 1. The monoisotopic (exact) mass is 319 g/mol. The highest BCUT2D eigenvalue weighted by atomic mass is 15.2. The predicted molar refractivity (Wildman–Crippen MR) is 97.0 cm³/mol. The molecule has 5 heteroatoms. The molecule has 0 atom stereocenters. The minimum Gasteiger partial charge on any atom is -0.359 e. The standard InChI is InChI=1S/C19H21N5/c1-24(14-10-16-7-11-20-12-8-16)18-9-13-21-19(23-18)22-15-17-5-3-2-4-6-17/h2-9,11-13H,10,14-15H2,1H3,(H,21,22,23). The first kappa shape index (κ1) is 15.9. The molecule has 122 valence electrons. The van der Waals surface area contributed by atoms with Crippen LogP contribution in [0.2, 0.25) is 0 Å². The van der Waals surface area contributed by atoms with Crippen LogP contribution in [0.1, 0.15) is 11.1 Å². The first-order chi connectivity index (χ1) is 11.8. The number of hydrogen-bond acceptors (Lipinski definition) is 5. The van der Waals surface area contributed by atoms with E-state index in [0.29, 0.717) is 12.5 Å². The van der Waals surface area contributed by atoms with Crippen LogP contribution in [0.3, 0.4) is 0 Å².